The summed E-state index contributed by atoms with van der Waals surface area (Å²) in [6.45, 7) is 8.68. The molecule has 2 nitrogen and oxygen atoms in total. The molecule has 0 atom stereocenters. The average molecular weight is 183 g/mol. The first kappa shape index (κ1) is 9.51. The van der Waals surface area contributed by atoms with Gasteiger partial charge < -0.3 is 4.74 Å². The molecule has 0 aromatic rings. The van der Waals surface area contributed by atoms with Crippen LogP contribution in [0.15, 0.2) is 17.1 Å². The molecule has 0 bridgehead atoms. The van der Waals surface area contributed by atoms with Gasteiger partial charge in [-0.2, -0.15) is 0 Å². The van der Waals surface area contributed by atoms with E-state index in [-0.39, 0.29) is 0 Å². The maximum absolute atomic E-state index is 5.48. The lowest BCUT2D eigenvalue weighted by atomic mass is 10.5. The monoisotopic (exact) mass is 183 g/mol. The van der Waals surface area contributed by atoms with E-state index < -0.39 is 8.07 Å². The highest BCUT2D eigenvalue weighted by atomic mass is 28.3. The third kappa shape index (κ3) is 3.71. The summed E-state index contributed by atoms with van der Waals surface area (Å²) >= 11 is 0. The van der Waals surface area contributed by atoms with E-state index in [1.807, 2.05) is 12.2 Å². The molecule has 0 unspecified atom stereocenters. The first-order valence-corrected chi connectivity index (χ1v) is 8.12. The predicted molar refractivity (Wildman–Crippen MR) is 55.5 cm³/mol. The maximum atomic E-state index is 5.48. The van der Waals surface area contributed by atoms with E-state index in [1.54, 1.807) is 0 Å². The van der Waals surface area contributed by atoms with Crippen molar-refractivity contribution in [1.82, 2.24) is 0 Å². The van der Waals surface area contributed by atoms with Crippen LogP contribution < -0.4 is 0 Å². The minimum absolute atomic E-state index is 0.794. The summed E-state index contributed by atoms with van der Waals surface area (Å²) < 4.78 is 5.48. The molecule has 0 saturated carbocycles. The van der Waals surface area contributed by atoms with Gasteiger partial charge in [0, 0.05) is 8.07 Å². The highest BCUT2D eigenvalue weighted by molar-refractivity contribution is 6.76. The van der Waals surface area contributed by atoms with Crippen molar-refractivity contribution in [1.29, 1.82) is 0 Å². The number of hydrogen-bond acceptors (Lipinski definition) is 2. The molecule has 3 heteroatoms. The fourth-order valence-electron chi connectivity index (χ4n) is 0.904. The Balaban J connectivity index is 2.14. The Morgan fingerprint density at radius 1 is 1.50 bits per heavy atom. The summed E-state index contributed by atoms with van der Waals surface area (Å²) in [6, 6.07) is 1.21. The molecule has 0 amide bonds. The summed E-state index contributed by atoms with van der Waals surface area (Å²) in [5.74, 6) is 0.813. The highest BCUT2D eigenvalue weighted by Crippen LogP contribution is 2.08. The lowest BCUT2D eigenvalue weighted by Gasteiger charge is -2.15. The first-order valence-electron chi connectivity index (χ1n) is 4.42. The zero-order valence-corrected chi connectivity index (χ0v) is 9.13. The van der Waals surface area contributed by atoms with Crippen LogP contribution in [0.5, 0.6) is 0 Å². The molecule has 1 aliphatic heterocycles. The zero-order chi connectivity index (χ0) is 9.03. The van der Waals surface area contributed by atoms with Crippen LogP contribution in [0.3, 0.4) is 0 Å². The van der Waals surface area contributed by atoms with Gasteiger partial charge in [-0.05, 0) is 12.1 Å². The van der Waals surface area contributed by atoms with E-state index in [9.17, 15) is 0 Å². The van der Waals surface area contributed by atoms with E-state index in [1.165, 1.54) is 6.04 Å². The second-order valence-electron chi connectivity index (χ2n) is 4.24. The first-order chi connectivity index (χ1) is 5.58. The van der Waals surface area contributed by atoms with E-state index in [0.717, 1.165) is 19.0 Å². The third-order valence-electron chi connectivity index (χ3n) is 1.71. The Labute approximate surface area is 75.4 Å². The molecule has 0 radical (unpaired) electrons. The van der Waals surface area contributed by atoms with Gasteiger partial charge in [-0.1, -0.05) is 25.7 Å². The Morgan fingerprint density at radius 2 is 2.25 bits per heavy atom. The minimum Gasteiger partial charge on any atom is -0.478 e. The molecular formula is C9H17NOSi. The van der Waals surface area contributed by atoms with E-state index in [4.69, 9.17) is 4.74 Å². The van der Waals surface area contributed by atoms with Crippen molar-refractivity contribution in [2.45, 2.75) is 25.7 Å². The minimum atomic E-state index is -0.933. The summed E-state index contributed by atoms with van der Waals surface area (Å²) in [5.41, 5.74) is 0. The Kier molecular flexibility index (Phi) is 3.09. The van der Waals surface area contributed by atoms with Crippen LogP contribution in [0.25, 0.3) is 0 Å². The number of rotatable bonds is 3. The Hall–Kier alpha value is -0.573. The van der Waals surface area contributed by atoms with E-state index in [2.05, 4.69) is 24.6 Å². The van der Waals surface area contributed by atoms with Crippen LogP contribution in [-0.4, -0.2) is 27.1 Å². The van der Waals surface area contributed by atoms with Gasteiger partial charge in [0.05, 0.1) is 13.2 Å². The van der Waals surface area contributed by atoms with Crippen LogP contribution in [-0.2, 0) is 4.74 Å². The summed E-state index contributed by atoms with van der Waals surface area (Å²) in [7, 11) is -0.933. The summed E-state index contributed by atoms with van der Waals surface area (Å²) in [4.78, 5) is 4.15. The molecule has 0 aromatic heterocycles. The van der Waals surface area contributed by atoms with Gasteiger partial charge in [-0.3, -0.25) is 0 Å². The van der Waals surface area contributed by atoms with Gasteiger partial charge in [0.15, 0.2) is 0 Å². The molecular weight excluding hydrogens is 166 g/mol. The third-order valence-corrected chi connectivity index (χ3v) is 3.42. The standard InChI is InChI=1S/C9H17NOSi/c1-12(2,3)8-7-11-9-5-4-6-10-9/h4-5H,6-8H2,1-3H3. The van der Waals surface area contributed by atoms with Gasteiger partial charge in [-0.25, -0.2) is 4.99 Å². The summed E-state index contributed by atoms with van der Waals surface area (Å²) in [5, 5.41) is 0. The van der Waals surface area contributed by atoms with Crippen LogP contribution in [0.2, 0.25) is 25.7 Å². The molecule has 1 heterocycles. The topological polar surface area (TPSA) is 21.6 Å². The van der Waals surface area contributed by atoms with Crippen LogP contribution in [0.1, 0.15) is 0 Å². The SMILES string of the molecule is C[Si](C)(C)CCOC1=NCC=C1. The Morgan fingerprint density at radius 3 is 2.75 bits per heavy atom. The molecule has 68 valence electrons. The Bertz CT molecular complexity index is 203. The second kappa shape index (κ2) is 3.89. The fraction of sp³-hybridized carbons (Fsp3) is 0.667. The van der Waals surface area contributed by atoms with Crippen molar-refractivity contribution in [3.63, 3.8) is 0 Å². The van der Waals surface area contributed by atoms with Crippen molar-refractivity contribution in [3.05, 3.63) is 12.2 Å². The van der Waals surface area contributed by atoms with Crippen LogP contribution in [0.4, 0.5) is 0 Å². The van der Waals surface area contributed by atoms with Crippen molar-refractivity contribution in [2.24, 2.45) is 4.99 Å². The lowest BCUT2D eigenvalue weighted by Crippen LogP contribution is -2.22. The van der Waals surface area contributed by atoms with Crippen molar-refractivity contribution in [3.8, 4) is 0 Å². The molecule has 0 aromatic carbocycles. The fourth-order valence-corrected chi connectivity index (χ4v) is 1.62. The van der Waals surface area contributed by atoms with E-state index in [0.29, 0.717) is 0 Å². The van der Waals surface area contributed by atoms with Gasteiger partial charge in [-0.15, -0.1) is 0 Å². The van der Waals surface area contributed by atoms with Gasteiger partial charge in [0.1, 0.15) is 0 Å². The molecule has 0 spiro atoms. The molecule has 1 rings (SSSR count). The zero-order valence-electron chi connectivity index (χ0n) is 8.13. The van der Waals surface area contributed by atoms with Crippen LogP contribution >= 0.6 is 0 Å². The van der Waals surface area contributed by atoms with Crippen molar-refractivity contribution < 1.29 is 4.74 Å². The van der Waals surface area contributed by atoms with Crippen molar-refractivity contribution in [2.75, 3.05) is 13.2 Å². The van der Waals surface area contributed by atoms with Gasteiger partial charge in [0.25, 0.3) is 0 Å². The van der Waals surface area contributed by atoms with Gasteiger partial charge >= 0.3 is 0 Å². The van der Waals surface area contributed by atoms with E-state index >= 15 is 0 Å². The summed E-state index contributed by atoms with van der Waals surface area (Å²) in [6.07, 6.45) is 3.97. The highest BCUT2D eigenvalue weighted by Gasteiger charge is 2.13. The molecule has 0 aliphatic carbocycles. The lowest BCUT2D eigenvalue weighted by molar-refractivity contribution is 0.328. The van der Waals surface area contributed by atoms with Crippen LogP contribution in [0, 0.1) is 0 Å². The molecule has 12 heavy (non-hydrogen) atoms. The molecule has 0 fully saturated rings. The van der Waals surface area contributed by atoms with Gasteiger partial charge in [0.2, 0.25) is 5.90 Å². The predicted octanol–water partition coefficient (Wildman–Crippen LogP) is 2.31. The number of ether oxygens (including phenoxy) is 1. The molecule has 1 aliphatic rings. The number of nitrogens with zero attached hydrogens (tertiary/aromatic N) is 1. The average Bonchev–Trinajstić information content (AvgIpc) is 2.36. The second-order valence-corrected chi connectivity index (χ2v) is 9.86. The molecule has 0 N–H and O–H groups in total. The molecule has 0 saturated heterocycles. The normalized spacial score (nSPS) is 16.4. The largest absolute Gasteiger partial charge is 0.478 e. The quantitative estimate of drug-likeness (QED) is 0.615. The number of aliphatic imine (C=N–C) groups is 1. The van der Waals surface area contributed by atoms with Crippen molar-refractivity contribution >= 4 is 14.0 Å². The smallest absolute Gasteiger partial charge is 0.208 e. The maximum Gasteiger partial charge on any atom is 0.208 e. The number of hydrogen-bond donors (Lipinski definition) is 0.